The van der Waals surface area contributed by atoms with Gasteiger partial charge in [0, 0.05) is 18.1 Å². The Labute approximate surface area is 134 Å². The van der Waals surface area contributed by atoms with Crippen LogP contribution in [0.1, 0.15) is 11.3 Å². The Morgan fingerprint density at radius 2 is 2.04 bits per heavy atom. The van der Waals surface area contributed by atoms with Crippen molar-refractivity contribution in [2.45, 2.75) is 13.0 Å². The number of nitrogens with zero attached hydrogens (tertiary/aromatic N) is 3. The van der Waals surface area contributed by atoms with Crippen LogP contribution >= 0.6 is 7.82 Å². The molecule has 0 aliphatic carbocycles. The number of rotatable bonds is 1. The van der Waals surface area contributed by atoms with Crippen LogP contribution in [0, 0.1) is 0 Å². The second kappa shape index (κ2) is 7.18. The lowest BCUT2D eigenvalue weighted by Crippen LogP contribution is -2.11. The van der Waals surface area contributed by atoms with E-state index >= 15 is 0 Å². The number of aromatic amines is 1. The van der Waals surface area contributed by atoms with Crippen molar-refractivity contribution < 1.29 is 34.0 Å². The highest BCUT2D eigenvalue weighted by molar-refractivity contribution is 7.45. The minimum atomic E-state index is -4.64. The molecule has 3 aromatic rings. The van der Waals surface area contributed by atoms with Gasteiger partial charge in [-0.1, -0.05) is 5.16 Å². The van der Waals surface area contributed by atoms with Crippen LogP contribution in [0.3, 0.4) is 0 Å². The van der Waals surface area contributed by atoms with Crippen LogP contribution in [-0.4, -0.2) is 46.9 Å². The highest BCUT2D eigenvalue weighted by Gasteiger charge is 2.18. The molecule has 6 N–H and O–H groups in total. The van der Waals surface area contributed by atoms with Gasteiger partial charge in [0.1, 0.15) is 12.0 Å². The molecule has 24 heavy (non-hydrogen) atoms. The summed E-state index contributed by atoms with van der Waals surface area (Å²) < 4.78 is 19.2. The molecule has 0 saturated heterocycles. The van der Waals surface area contributed by atoms with Gasteiger partial charge in [0.15, 0.2) is 5.82 Å². The number of ether oxygens (including phenoxy) is 1. The Balaban J connectivity index is 0.000000309. The average molecular weight is 358 g/mol. The van der Waals surface area contributed by atoms with Gasteiger partial charge in [-0.25, -0.2) is 9.55 Å². The van der Waals surface area contributed by atoms with E-state index in [4.69, 9.17) is 28.5 Å². The van der Waals surface area contributed by atoms with E-state index in [1.807, 2.05) is 6.20 Å². The van der Waals surface area contributed by atoms with Gasteiger partial charge >= 0.3 is 7.82 Å². The summed E-state index contributed by atoms with van der Waals surface area (Å²) in [6, 6.07) is 1.77. The quantitative estimate of drug-likeness (QED) is 0.432. The molecule has 4 rings (SSSR count). The smallest absolute Gasteiger partial charge is 0.412 e. The van der Waals surface area contributed by atoms with Crippen molar-refractivity contribution >= 4 is 18.9 Å². The number of hydrogen-bond acceptors (Lipinski definition) is 6. The van der Waals surface area contributed by atoms with Crippen molar-refractivity contribution in [3.8, 4) is 11.5 Å². The first-order valence-corrected chi connectivity index (χ1v) is 8.11. The van der Waals surface area contributed by atoms with Crippen LogP contribution in [-0.2, 0) is 22.3 Å². The molecule has 0 saturated carbocycles. The third-order valence-corrected chi connectivity index (χ3v) is 3.13. The molecule has 0 unspecified atom stereocenters. The fourth-order valence-electron chi connectivity index (χ4n) is 2.23. The lowest BCUT2D eigenvalue weighted by atomic mass is 10.1. The van der Waals surface area contributed by atoms with Crippen molar-refractivity contribution in [1.29, 1.82) is 0 Å². The zero-order valence-corrected chi connectivity index (χ0v) is 13.1. The molecule has 1 aliphatic rings. The van der Waals surface area contributed by atoms with Crippen molar-refractivity contribution in [3.63, 3.8) is 0 Å². The summed E-state index contributed by atoms with van der Waals surface area (Å²) in [6.07, 6.45) is 4.19. The second-order valence-electron chi connectivity index (χ2n) is 4.73. The van der Waals surface area contributed by atoms with E-state index in [0.717, 1.165) is 35.3 Å². The molecule has 0 aromatic carbocycles. The van der Waals surface area contributed by atoms with Crippen LogP contribution in [0.5, 0.6) is 0 Å². The SMILES string of the molecule is O.O=P(O)(O)O.c1cc(-c2nc3c4c(ncc3[nH]2)CCOC4)no1. The van der Waals surface area contributed by atoms with Gasteiger partial charge in [0.2, 0.25) is 0 Å². The maximum absolute atomic E-state index is 8.88. The third kappa shape index (κ3) is 4.23. The minimum Gasteiger partial charge on any atom is -0.412 e. The number of fused-ring (bicyclic) bond motifs is 3. The van der Waals surface area contributed by atoms with Gasteiger partial charge in [0.05, 0.1) is 36.1 Å². The van der Waals surface area contributed by atoms with Crippen molar-refractivity contribution in [1.82, 2.24) is 20.1 Å². The molecule has 1 aliphatic heterocycles. The van der Waals surface area contributed by atoms with Crippen LogP contribution in [0.15, 0.2) is 23.0 Å². The van der Waals surface area contributed by atoms with Gasteiger partial charge in [-0.15, -0.1) is 0 Å². The fourth-order valence-corrected chi connectivity index (χ4v) is 2.23. The topological polar surface area (TPSA) is 186 Å². The number of imidazole rings is 1. The van der Waals surface area contributed by atoms with Crippen LogP contribution < -0.4 is 0 Å². The molecular weight excluding hydrogens is 343 g/mol. The van der Waals surface area contributed by atoms with Gasteiger partial charge in [-0.2, -0.15) is 0 Å². The van der Waals surface area contributed by atoms with E-state index in [1.165, 1.54) is 6.26 Å². The molecule has 4 heterocycles. The predicted molar refractivity (Wildman–Crippen MR) is 80.6 cm³/mol. The van der Waals surface area contributed by atoms with Crippen molar-refractivity contribution in [2.24, 2.45) is 0 Å². The number of pyridine rings is 1. The number of H-pyrrole nitrogens is 1. The standard InChI is InChI=1S/C12H10N4O2.H3O4P.H2O/c1-3-17-6-7-8(1)13-5-10-11(7)15-12(14-10)9-2-4-18-16-9;1-5(2,3)4;/h2,4-5H,1,3,6H2,(H,14,15);(H3,1,2,3,4);1H2. The van der Waals surface area contributed by atoms with E-state index in [-0.39, 0.29) is 5.48 Å². The van der Waals surface area contributed by atoms with E-state index in [0.29, 0.717) is 18.1 Å². The highest BCUT2D eigenvalue weighted by atomic mass is 31.2. The molecule has 12 heteroatoms. The monoisotopic (exact) mass is 358 g/mol. The maximum atomic E-state index is 8.88. The highest BCUT2D eigenvalue weighted by Crippen LogP contribution is 2.26. The third-order valence-electron chi connectivity index (χ3n) is 3.13. The van der Waals surface area contributed by atoms with Crippen molar-refractivity contribution in [3.05, 3.63) is 29.8 Å². The number of hydrogen-bond donors (Lipinski definition) is 4. The Morgan fingerprint density at radius 1 is 1.29 bits per heavy atom. The molecule has 0 radical (unpaired) electrons. The maximum Gasteiger partial charge on any atom is 0.466 e. The molecule has 0 spiro atoms. The first-order chi connectivity index (χ1) is 10.9. The summed E-state index contributed by atoms with van der Waals surface area (Å²) >= 11 is 0. The summed E-state index contributed by atoms with van der Waals surface area (Å²) in [5, 5.41) is 3.87. The second-order valence-corrected chi connectivity index (χ2v) is 5.76. The van der Waals surface area contributed by atoms with E-state index < -0.39 is 7.82 Å². The van der Waals surface area contributed by atoms with Crippen LogP contribution in [0.2, 0.25) is 0 Å². The summed E-state index contributed by atoms with van der Waals surface area (Å²) in [4.78, 5) is 33.8. The molecule has 3 aromatic heterocycles. The lowest BCUT2D eigenvalue weighted by Gasteiger charge is -2.14. The first-order valence-electron chi connectivity index (χ1n) is 6.55. The molecule has 0 atom stereocenters. The molecule has 11 nitrogen and oxygen atoms in total. The van der Waals surface area contributed by atoms with Gasteiger partial charge in [-0.05, 0) is 0 Å². The average Bonchev–Trinajstić information content (AvgIpc) is 3.14. The van der Waals surface area contributed by atoms with E-state index in [1.54, 1.807) is 6.07 Å². The number of aromatic nitrogens is 4. The normalized spacial score (nSPS) is 13.6. The zero-order valence-electron chi connectivity index (χ0n) is 12.2. The number of nitrogens with one attached hydrogen (secondary N) is 1. The van der Waals surface area contributed by atoms with Crippen LogP contribution in [0.4, 0.5) is 0 Å². The number of phosphoric acid groups is 1. The summed E-state index contributed by atoms with van der Waals surface area (Å²) in [7, 11) is -4.64. The summed E-state index contributed by atoms with van der Waals surface area (Å²) in [5.74, 6) is 0.694. The molecule has 0 bridgehead atoms. The van der Waals surface area contributed by atoms with Crippen molar-refractivity contribution in [2.75, 3.05) is 6.61 Å². The predicted octanol–water partition coefficient (Wildman–Crippen LogP) is -0.0677. The largest absolute Gasteiger partial charge is 0.466 e. The zero-order chi connectivity index (χ0) is 16.4. The summed E-state index contributed by atoms with van der Waals surface area (Å²) in [5.41, 5.74) is 4.66. The minimum absolute atomic E-state index is 0. The first kappa shape index (κ1) is 18.2. The lowest BCUT2D eigenvalue weighted by molar-refractivity contribution is 0.110. The molecule has 130 valence electrons. The molecule has 0 amide bonds. The van der Waals surface area contributed by atoms with E-state index in [2.05, 4.69) is 20.1 Å². The van der Waals surface area contributed by atoms with Gasteiger partial charge in [-0.3, -0.25) is 4.98 Å². The Morgan fingerprint density at radius 3 is 2.71 bits per heavy atom. The Bertz CT molecular complexity index is 850. The molecule has 0 fully saturated rings. The summed E-state index contributed by atoms with van der Waals surface area (Å²) in [6.45, 7) is 1.30. The van der Waals surface area contributed by atoms with Crippen LogP contribution in [0.25, 0.3) is 22.6 Å². The Kier molecular flexibility index (Phi) is 5.44. The molecular formula is C12H15N4O7P. The van der Waals surface area contributed by atoms with Gasteiger partial charge in [0.25, 0.3) is 0 Å². The van der Waals surface area contributed by atoms with Gasteiger partial charge < -0.3 is 34.4 Å². The Hall–Kier alpha value is -2.14. The van der Waals surface area contributed by atoms with E-state index in [9.17, 15) is 0 Å². The fraction of sp³-hybridized carbons (Fsp3) is 0.250.